The summed E-state index contributed by atoms with van der Waals surface area (Å²) in [5, 5.41) is 9.46. The third-order valence-electron chi connectivity index (χ3n) is 1.99. The molecule has 0 fully saturated rings. The first-order chi connectivity index (χ1) is 7.54. The Hall–Kier alpha value is -2.10. The molecule has 0 aromatic heterocycles. The number of esters is 1. The standard InChI is InChI=1S/C12H12O4/c1-8-3-4-10(13)9(7-8)11(14)5-6-12(15)16-2/h3-7,13H,1-2H3/b6-5+. The van der Waals surface area contributed by atoms with Crippen molar-refractivity contribution < 1.29 is 19.4 Å². The molecule has 16 heavy (non-hydrogen) atoms. The highest BCUT2D eigenvalue weighted by Gasteiger charge is 2.08. The van der Waals surface area contributed by atoms with Gasteiger partial charge in [0.1, 0.15) is 5.75 Å². The number of benzene rings is 1. The fourth-order valence-corrected chi connectivity index (χ4v) is 1.15. The zero-order chi connectivity index (χ0) is 12.1. The Bertz CT molecular complexity index is 446. The Morgan fingerprint density at radius 1 is 1.31 bits per heavy atom. The quantitative estimate of drug-likeness (QED) is 0.477. The van der Waals surface area contributed by atoms with Crippen LogP contribution in [0.25, 0.3) is 0 Å². The summed E-state index contributed by atoms with van der Waals surface area (Å²) in [6, 6.07) is 4.68. The summed E-state index contributed by atoms with van der Waals surface area (Å²) >= 11 is 0. The average Bonchev–Trinajstić information content (AvgIpc) is 2.28. The summed E-state index contributed by atoms with van der Waals surface area (Å²) in [6.45, 7) is 1.81. The van der Waals surface area contributed by atoms with Crippen LogP contribution in [-0.4, -0.2) is 24.0 Å². The van der Waals surface area contributed by atoms with Crippen LogP contribution in [0.3, 0.4) is 0 Å². The minimum atomic E-state index is -0.611. The molecule has 84 valence electrons. The van der Waals surface area contributed by atoms with Gasteiger partial charge in [-0.3, -0.25) is 4.79 Å². The third kappa shape index (κ3) is 2.95. The predicted molar refractivity (Wildman–Crippen MR) is 58.3 cm³/mol. The van der Waals surface area contributed by atoms with E-state index in [0.29, 0.717) is 0 Å². The van der Waals surface area contributed by atoms with Crippen molar-refractivity contribution in [2.24, 2.45) is 0 Å². The largest absolute Gasteiger partial charge is 0.507 e. The molecule has 0 bridgehead atoms. The second-order valence-electron chi connectivity index (χ2n) is 3.24. The summed E-state index contributed by atoms with van der Waals surface area (Å²) in [4.78, 5) is 22.4. The summed E-state index contributed by atoms with van der Waals surface area (Å²) in [7, 11) is 1.22. The molecule has 1 aromatic carbocycles. The number of hydrogen-bond acceptors (Lipinski definition) is 4. The second kappa shape index (κ2) is 5.11. The van der Waals surface area contributed by atoms with Crippen LogP contribution >= 0.6 is 0 Å². The Morgan fingerprint density at radius 2 is 2.00 bits per heavy atom. The van der Waals surface area contributed by atoms with Crippen molar-refractivity contribution in [3.63, 3.8) is 0 Å². The van der Waals surface area contributed by atoms with E-state index in [9.17, 15) is 14.7 Å². The zero-order valence-corrected chi connectivity index (χ0v) is 9.06. The summed E-state index contributed by atoms with van der Waals surface area (Å²) in [5.41, 5.74) is 1.02. The van der Waals surface area contributed by atoms with Gasteiger partial charge in [-0.05, 0) is 25.1 Å². The first kappa shape index (κ1) is 12.0. The van der Waals surface area contributed by atoms with Crippen molar-refractivity contribution in [2.45, 2.75) is 6.92 Å². The van der Waals surface area contributed by atoms with Crippen molar-refractivity contribution in [1.29, 1.82) is 0 Å². The number of ketones is 1. The van der Waals surface area contributed by atoms with Crippen LogP contribution in [0, 0.1) is 6.92 Å². The van der Waals surface area contributed by atoms with Gasteiger partial charge < -0.3 is 9.84 Å². The van der Waals surface area contributed by atoms with Gasteiger partial charge in [-0.2, -0.15) is 0 Å². The highest BCUT2D eigenvalue weighted by Crippen LogP contribution is 2.18. The van der Waals surface area contributed by atoms with Gasteiger partial charge in [0.2, 0.25) is 0 Å². The molecule has 1 rings (SSSR count). The van der Waals surface area contributed by atoms with Crippen molar-refractivity contribution >= 4 is 11.8 Å². The molecule has 0 amide bonds. The van der Waals surface area contributed by atoms with Crippen LogP contribution in [0.5, 0.6) is 5.75 Å². The lowest BCUT2D eigenvalue weighted by atomic mass is 10.1. The normalized spacial score (nSPS) is 10.4. The molecule has 0 spiro atoms. The van der Waals surface area contributed by atoms with Crippen molar-refractivity contribution in [3.8, 4) is 5.75 Å². The van der Waals surface area contributed by atoms with E-state index in [1.165, 1.54) is 13.2 Å². The molecule has 0 radical (unpaired) electrons. The molecule has 0 aliphatic carbocycles. The lowest BCUT2D eigenvalue weighted by molar-refractivity contribution is -0.134. The molecule has 0 atom stereocenters. The zero-order valence-electron chi connectivity index (χ0n) is 9.06. The number of hydrogen-bond donors (Lipinski definition) is 1. The number of aryl methyl sites for hydroxylation is 1. The van der Waals surface area contributed by atoms with Gasteiger partial charge in [0.05, 0.1) is 12.7 Å². The molecule has 4 nitrogen and oxygen atoms in total. The Kier molecular flexibility index (Phi) is 3.83. The highest BCUT2D eigenvalue weighted by molar-refractivity contribution is 6.08. The minimum Gasteiger partial charge on any atom is -0.507 e. The Balaban J connectivity index is 2.92. The lowest BCUT2D eigenvalue weighted by Crippen LogP contribution is -1.99. The van der Waals surface area contributed by atoms with E-state index in [-0.39, 0.29) is 11.3 Å². The maximum Gasteiger partial charge on any atom is 0.330 e. The number of carbonyl (C=O) groups excluding carboxylic acids is 2. The average molecular weight is 220 g/mol. The molecular weight excluding hydrogens is 208 g/mol. The maximum absolute atomic E-state index is 11.6. The van der Waals surface area contributed by atoms with E-state index in [0.717, 1.165) is 17.7 Å². The molecule has 0 saturated heterocycles. The first-order valence-electron chi connectivity index (χ1n) is 4.64. The summed E-state index contributed by atoms with van der Waals surface area (Å²) in [5.74, 6) is -1.16. The summed E-state index contributed by atoms with van der Waals surface area (Å²) in [6.07, 6.45) is 2.09. The predicted octanol–water partition coefficient (Wildman–Crippen LogP) is 1.61. The van der Waals surface area contributed by atoms with Gasteiger partial charge in [0.25, 0.3) is 0 Å². The second-order valence-corrected chi connectivity index (χ2v) is 3.24. The third-order valence-corrected chi connectivity index (χ3v) is 1.99. The number of phenolic OH excluding ortho intramolecular Hbond substituents is 1. The van der Waals surface area contributed by atoms with E-state index < -0.39 is 11.8 Å². The van der Waals surface area contributed by atoms with E-state index >= 15 is 0 Å². The van der Waals surface area contributed by atoms with Crippen LogP contribution in [0.2, 0.25) is 0 Å². The fraction of sp³-hybridized carbons (Fsp3) is 0.167. The van der Waals surface area contributed by atoms with E-state index in [1.807, 2.05) is 0 Å². The van der Waals surface area contributed by atoms with Gasteiger partial charge in [-0.15, -0.1) is 0 Å². The lowest BCUT2D eigenvalue weighted by Gasteiger charge is -2.01. The fourth-order valence-electron chi connectivity index (χ4n) is 1.15. The molecular formula is C12H12O4. The van der Waals surface area contributed by atoms with Crippen LogP contribution in [0.4, 0.5) is 0 Å². The molecule has 0 unspecified atom stereocenters. The van der Waals surface area contributed by atoms with Crippen molar-refractivity contribution in [2.75, 3.05) is 7.11 Å². The topological polar surface area (TPSA) is 63.6 Å². The van der Waals surface area contributed by atoms with Gasteiger partial charge in [0, 0.05) is 6.08 Å². The molecule has 0 aliphatic heterocycles. The molecule has 4 heteroatoms. The van der Waals surface area contributed by atoms with E-state index in [1.54, 1.807) is 19.1 Å². The van der Waals surface area contributed by atoms with Crippen LogP contribution in [-0.2, 0) is 9.53 Å². The van der Waals surface area contributed by atoms with Gasteiger partial charge in [0.15, 0.2) is 5.78 Å². The number of allylic oxidation sites excluding steroid dienone is 1. The number of ether oxygens (including phenoxy) is 1. The van der Waals surface area contributed by atoms with Gasteiger partial charge in [-0.1, -0.05) is 11.6 Å². The Morgan fingerprint density at radius 3 is 2.62 bits per heavy atom. The molecule has 1 N–H and O–H groups in total. The Labute approximate surface area is 93.2 Å². The van der Waals surface area contributed by atoms with Crippen molar-refractivity contribution in [1.82, 2.24) is 0 Å². The minimum absolute atomic E-state index is 0.106. The van der Waals surface area contributed by atoms with Gasteiger partial charge >= 0.3 is 5.97 Å². The van der Waals surface area contributed by atoms with E-state index in [4.69, 9.17) is 0 Å². The van der Waals surface area contributed by atoms with Gasteiger partial charge in [-0.25, -0.2) is 4.79 Å². The van der Waals surface area contributed by atoms with Crippen LogP contribution < -0.4 is 0 Å². The monoisotopic (exact) mass is 220 g/mol. The maximum atomic E-state index is 11.6. The molecule has 0 aliphatic rings. The van der Waals surface area contributed by atoms with Crippen molar-refractivity contribution in [3.05, 3.63) is 41.5 Å². The number of aromatic hydroxyl groups is 1. The first-order valence-corrected chi connectivity index (χ1v) is 4.64. The highest BCUT2D eigenvalue weighted by atomic mass is 16.5. The molecule has 1 aromatic rings. The smallest absolute Gasteiger partial charge is 0.330 e. The van der Waals surface area contributed by atoms with Crippen LogP contribution in [0.15, 0.2) is 30.4 Å². The number of phenols is 1. The SMILES string of the molecule is COC(=O)/C=C/C(=O)c1cc(C)ccc1O. The molecule has 0 saturated carbocycles. The van der Waals surface area contributed by atoms with E-state index in [2.05, 4.69) is 4.74 Å². The van der Waals surface area contributed by atoms with Crippen LogP contribution in [0.1, 0.15) is 15.9 Å². The number of methoxy groups -OCH3 is 1. The summed E-state index contributed by atoms with van der Waals surface area (Å²) < 4.78 is 4.35. The molecule has 0 heterocycles. The number of carbonyl (C=O) groups is 2. The number of rotatable bonds is 3.